The number of amides is 2. The monoisotopic (exact) mass is 430 g/mol. The Morgan fingerprint density at radius 1 is 1.30 bits per heavy atom. The van der Waals surface area contributed by atoms with Crippen LogP contribution >= 0.6 is 0 Å². The number of hydrogen-bond acceptors (Lipinski definition) is 5. The van der Waals surface area contributed by atoms with Crippen molar-refractivity contribution in [2.75, 3.05) is 13.2 Å². The average molecular weight is 430 g/mol. The Labute approximate surface area is 172 Å². The number of benzene rings is 1. The number of alkyl halides is 3. The lowest BCUT2D eigenvalue weighted by atomic mass is 9.92. The van der Waals surface area contributed by atoms with Gasteiger partial charge < -0.3 is 20.1 Å². The Morgan fingerprint density at radius 2 is 1.93 bits per heavy atom. The van der Waals surface area contributed by atoms with Gasteiger partial charge in [0.05, 0.1) is 6.10 Å². The maximum atomic E-state index is 12.3. The molecule has 0 bridgehead atoms. The number of carbonyl (C=O) groups excluding carboxylic acids is 3. The maximum absolute atomic E-state index is 12.3. The van der Waals surface area contributed by atoms with Crippen molar-refractivity contribution in [3.8, 4) is 5.75 Å². The minimum absolute atomic E-state index is 0.0250. The number of ketones is 1. The summed E-state index contributed by atoms with van der Waals surface area (Å²) in [5, 5.41) is 5.40. The zero-order valence-corrected chi connectivity index (χ0v) is 17.0. The third-order valence-corrected chi connectivity index (χ3v) is 5.06. The van der Waals surface area contributed by atoms with Gasteiger partial charge >= 0.3 is 6.36 Å². The Morgan fingerprint density at radius 3 is 2.47 bits per heavy atom. The van der Waals surface area contributed by atoms with Crippen molar-refractivity contribution in [2.24, 2.45) is 5.92 Å². The van der Waals surface area contributed by atoms with E-state index < -0.39 is 29.7 Å². The summed E-state index contributed by atoms with van der Waals surface area (Å²) < 4.78 is 45.5. The maximum Gasteiger partial charge on any atom is 0.573 e. The number of carbonyl (C=O) groups is 3. The van der Waals surface area contributed by atoms with Crippen molar-refractivity contribution in [1.29, 1.82) is 0 Å². The summed E-state index contributed by atoms with van der Waals surface area (Å²) in [6, 6.07) is 4.58. The summed E-state index contributed by atoms with van der Waals surface area (Å²) in [6.07, 6.45) is -4.52. The Balaban J connectivity index is 1.74. The molecule has 1 aliphatic heterocycles. The zero-order valence-electron chi connectivity index (χ0n) is 17.0. The standard InChI is InChI=1S/C20H25F3N2O5/c1-12(10-17(27)25-19(3)13(2)29-11-16(19)26)8-9-24-18(28)14-4-6-15(7-5-14)30-20(21,22)23/h4-7,12-13H,8-11H2,1-3H3,(H,24,28)(H,25,27). The molecule has 0 radical (unpaired) electrons. The summed E-state index contributed by atoms with van der Waals surface area (Å²) in [5.41, 5.74) is -0.843. The van der Waals surface area contributed by atoms with Crippen molar-refractivity contribution in [3.63, 3.8) is 0 Å². The fraction of sp³-hybridized carbons (Fsp3) is 0.550. The summed E-state index contributed by atoms with van der Waals surface area (Å²) in [4.78, 5) is 36.3. The Hall–Kier alpha value is -2.62. The normalized spacial score (nSPS) is 22.5. The van der Waals surface area contributed by atoms with E-state index in [-0.39, 0.29) is 42.7 Å². The molecule has 1 fully saturated rings. The van der Waals surface area contributed by atoms with E-state index in [2.05, 4.69) is 15.4 Å². The smallest absolute Gasteiger partial charge is 0.406 e. The van der Waals surface area contributed by atoms with Crippen LogP contribution < -0.4 is 15.4 Å². The van der Waals surface area contributed by atoms with Crippen molar-refractivity contribution >= 4 is 17.6 Å². The van der Waals surface area contributed by atoms with Crippen molar-refractivity contribution in [1.82, 2.24) is 10.6 Å². The second-order valence-corrected chi connectivity index (χ2v) is 7.55. The zero-order chi connectivity index (χ0) is 22.5. The summed E-state index contributed by atoms with van der Waals surface area (Å²) in [5.74, 6) is -1.37. The van der Waals surface area contributed by atoms with Gasteiger partial charge in [0.15, 0.2) is 5.78 Å². The predicted molar refractivity (Wildman–Crippen MR) is 101 cm³/mol. The van der Waals surface area contributed by atoms with Gasteiger partial charge in [-0.2, -0.15) is 0 Å². The number of rotatable bonds is 8. The lowest BCUT2D eigenvalue weighted by molar-refractivity contribution is -0.274. The predicted octanol–water partition coefficient (Wildman–Crippen LogP) is 2.59. The quantitative estimate of drug-likeness (QED) is 0.661. The number of nitrogens with one attached hydrogen (secondary N) is 2. The highest BCUT2D eigenvalue weighted by atomic mass is 19.4. The topological polar surface area (TPSA) is 93.7 Å². The number of hydrogen-bond donors (Lipinski definition) is 2. The van der Waals surface area contributed by atoms with Crippen LogP contribution in [0.3, 0.4) is 0 Å². The van der Waals surface area contributed by atoms with Gasteiger partial charge in [-0.25, -0.2) is 0 Å². The van der Waals surface area contributed by atoms with Crippen LogP contribution in [0.15, 0.2) is 24.3 Å². The summed E-state index contributed by atoms with van der Waals surface area (Å²) in [6.45, 7) is 5.47. The van der Waals surface area contributed by atoms with E-state index in [4.69, 9.17) is 4.74 Å². The molecule has 3 unspecified atom stereocenters. The van der Waals surface area contributed by atoms with Crippen LogP contribution in [-0.2, 0) is 14.3 Å². The van der Waals surface area contributed by atoms with Crippen molar-refractivity contribution < 1.29 is 37.0 Å². The van der Waals surface area contributed by atoms with E-state index in [9.17, 15) is 27.6 Å². The first-order chi connectivity index (χ1) is 13.9. The molecule has 0 spiro atoms. The van der Waals surface area contributed by atoms with E-state index in [0.717, 1.165) is 12.1 Å². The summed E-state index contributed by atoms with van der Waals surface area (Å²) >= 11 is 0. The van der Waals surface area contributed by atoms with E-state index >= 15 is 0 Å². The molecule has 7 nitrogen and oxygen atoms in total. The second-order valence-electron chi connectivity index (χ2n) is 7.55. The lowest BCUT2D eigenvalue weighted by Gasteiger charge is -2.27. The van der Waals surface area contributed by atoms with Crippen LogP contribution in [-0.4, -0.2) is 48.8 Å². The van der Waals surface area contributed by atoms with Crippen molar-refractivity contribution in [3.05, 3.63) is 29.8 Å². The van der Waals surface area contributed by atoms with Crippen LogP contribution in [0.4, 0.5) is 13.2 Å². The molecular formula is C20H25F3N2O5. The Bertz CT molecular complexity index is 782. The van der Waals surface area contributed by atoms with Gasteiger partial charge in [0, 0.05) is 18.5 Å². The third kappa shape index (κ3) is 6.45. The first kappa shape index (κ1) is 23.7. The number of halogens is 3. The lowest BCUT2D eigenvalue weighted by Crippen LogP contribution is -2.55. The third-order valence-electron chi connectivity index (χ3n) is 5.06. The fourth-order valence-electron chi connectivity index (χ4n) is 3.02. The molecular weight excluding hydrogens is 405 g/mol. The molecule has 2 amide bonds. The average Bonchev–Trinajstić information content (AvgIpc) is 2.87. The highest BCUT2D eigenvalue weighted by Crippen LogP contribution is 2.23. The van der Waals surface area contributed by atoms with Gasteiger partial charge in [-0.1, -0.05) is 6.92 Å². The van der Waals surface area contributed by atoms with E-state index in [1.165, 1.54) is 12.1 Å². The molecule has 30 heavy (non-hydrogen) atoms. The Kier molecular flexibility index (Phi) is 7.46. The molecule has 1 heterocycles. The van der Waals surface area contributed by atoms with Crippen LogP contribution in [0, 0.1) is 5.92 Å². The van der Waals surface area contributed by atoms with Gasteiger partial charge in [0.25, 0.3) is 5.91 Å². The molecule has 0 aromatic heterocycles. The number of ether oxygens (including phenoxy) is 2. The molecule has 1 aromatic rings. The molecule has 1 saturated heterocycles. The van der Waals surface area contributed by atoms with Gasteiger partial charge in [0.2, 0.25) is 5.91 Å². The molecule has 2 rings (SSSR count). The molecule has 0 aliphatic carbocycles. The van der Waals surface area contributed by atoms with Gasteiger partial charge in [-0.05, 0) is 50.5 Å². The van der Waals surface area contributed by atoms with Crippen LogP contribution in [0.2, 0.25) is 0 Å². The molecule has 166 valence electrons. The highest BCUT2D eigenvalue weighted by molar-refractivity contribution is 5.95. The SMILES string of the molecule is CC(CCNC(=O)c1ccc(OC(F)(F)F)cc1)CC(=O)NC1(C)C(=O)COC1C. The van der Waals surface area contributed by atoms with E-state index in [1.54, 1.807) is 13.8 Å². The molecule has 1 aromatic carbocycles. The molecule has 10 heteroatoms. The van der Waals surface area contributed by atoms with Crippen LogP contribution in [0.5, 0.6) is 5.75 Å². The van der Waals surface area contributed by atoms with Crippen molar-refractivity contribution in [2.45, 2.75) is 51.6 Å². The molecule has 0 saturated carbocycles. The summed E-state index contributed by atoms with van der Waals surface area (Å²) in [7, 11) is 0. The minimum Gasteiger partial charge on any atom is -0.406 e. The molecule has 2 N–H and O–H groups in total. The van der Waals surface area contributed by atoms with Gasteiger partial charge in [-0.15, -0.1) is 13.2 Å². The van der Waals surface area contributed by atoms with E-state index in [1.807, 2.05) is 6.92 Å². The second kappa shape index (κ2) is 9.46. The van der Waals surface area contributed by atoms with Gasteiger partial charge in [0.1, 0.15) is 17.9 Å². The first-order valence-corrected chi connectivity index (χ1v) is 9.50. The van der Waals surface area contributed by atoms with E-state index in [0.29, 0.717) is 6.42 Å². The van der Waals surface area contributed by atoms with Crippen LogP contribution in [0.1, 0.15) is 44.0 Å². The van der Waals surface area contributed by atoms with Crippen LogP contribution in [0.25, 0.3) is 0 Å². The minimum atomic E-state index is -4.79. The molecule has 1 aliphatic rings. The van der Waals surface area contributed by atoms with Gasteiger partial charge in [-0.3, -0.25) is 14.4 Å². The highest BCUT2D eigenvalue weighted by Gasteiger charge is 2.46. The molecule has 3 atom stereocenters. The fourth-order valence-corrected chi connectivity index (χ4v) is 3.02. The number of Topliss-reactive ketones (excluding diaryl/α,β-unsaturated/α-hetero) is 1. The largest absolute Gasteiger partial charge is 0.573 e. The first-order valence-electron chi connectivity index (χ1n) is 9.50.